The van der Waals surface area contributed by atoms with Gasteiger partial charge in [-0.25, -0.2) is 9.97 Å². The molecule has 0 fully saturated rings. The van der Waals surface area contributed by atoms with E-state index in [1.165, 1.54) is 33.9 Å². The molecule has 0 bridgehead atoms. The summed E-state index contributed by atoms with van der Waals surface area (Å²) in [6, 6.07) is 1.06. The molecule has 0 saturated carbocycles. The minimum Gasteiger partial charge on any atom is -0.305 e. The first-order valence-electron chi connectivity index (χ1n) is 5.08. The van der Waals surface area contributed by atoms with Gasteiger partial charge in [-0.1, -0.05) is 0 Å². The summed E-state index contributed by atoms with van der Waals surface area (Å²) in [6.07, 6.45) is 4.06. The van der Waals surface area contributed by atoms with E-state index in [2.05, 4.69) is 9.97 Å². The Morgan fingerprint density at radius 3 is 2.61 bits per heavy atom. The number of rotatable bonds is 1. The number of hydrogen-bond acceptors (Lipinski definition) is 2. The van der Waals surface area contributed by atoms with Crippen LogP contribution in [0.4, 0.5) is 13.2 Å². The Balaban J connectivity index is 2.32. The van der Waals surface area contributed by atoms with E-state index in [1.54, 1.807) is 6.20 Å². The van der Waals surface area contributed by atoms with Gasteiger partial charge >= 0.3 is 6.18 Å². The SMILES string of the molecule is FC(F)(F)c1cc(-n2ccnc2)c2nccn2c1. The third kappa shape index (κ3) is 1.64. The number of nitrogens with zero attached hydrogens (tertiary/aromatic N) is 4. The van der Waals surface area contributed by atoms with Crippen molar-refractivity contribution in [2.24, 2.45) is 0 Å². The fraction of sp³-hybridized carbons (Fsp3) is 0.0909. The van der Waals surface area contributed by atoms with Crippen molar-refractivity contribution in [2.45, 2.75) is 6.18 Å². The fourth-order valence-corrected chi connectivity index (χ4v) is 1.76. The van der Waals surface area contributed by atoms with Crippen LogP contribution in [0.15, 0.2) is 43.4 Å². The third-order valence-electron chi connectivity index (χ3n) is 2.58. The Bertz CT molecular complexity index is 682. The summed E-state index contributed by atoms with van der Waals surface area (Å²) in [5, 5.41) is 0. The van der Waals surface area contributed by atoms with Gasteiger partial charge in [-0.3, -0.25) is 0 Å². The summed E-state index contributed by atoms with van der Waals surface area (Å²) in [5.74, 6) is 0. The first kappa shape index (κ1) is 10.8. The lowest BCUT2D eigenvalue weighted by molar-refractivity contribution is -0.137. The Kier molecular flexibility index (Phi) is 2.16. The second kappa shape index (κ2) is 3.59. The maximum absolute atomic E-state index is 12.8. The van der Waals surface area contributed by atoms with Gasteiger partial charge in [-0.05, 0) is 6.07 Å². The van der Waals surface area contributed by atoms with E-state index < -0.39 is 11.7 Å². The van der Waals surface area contributed by atoms with Crippen LogP contribution in [-0.4, -0.2) is 18.9 Å². The molecule has 0 radical (unpaired) electrons. The molecule has 92 valence electrons. The van der Waals surface area contributed by atoms with Crippen molar-refractivity contribution in [3.8, 4) is 5.69 Å². The minimum atomic E-state index is -4.40. The van der Waals surface area contributed by atoms with Gasteiger partial charge in [0.1, 0.15) is 0 Å². The van der Waals surface area contributed by atoms with Gasteiger partial charge in [0.15, 0.2) is 5.65 Å². The molecule has 3 aromatic rings. The summed E-state index contributed by atoms with van der Waals surface area (Å²) >= 11 is 0. The molecular weight excluding hydrogens is 245 g/mol. The lowest BCUT2D eigenvalue weighted by atomic mass is 10.2. The highest BCUT2D eigenvalue weighted by molar-refractivity contribution is 5.60. The van der Waals surface area contributed by atoms with Crippen LogP contribution >= 0.6 is 0 Å². The van der Waals surface area contributed by atoms with Crippen LogP contribution < -0.4 is 0 Å². The second-order valence-corrected chi connectivity index (χ2v) is 3.74. The molecule has 3 rings (SSSR count). The van der Waals surface area contributed by atoms with Crippen LogP contribution in [0.3, 0.4) is 0 Å². The van der Waals surface area contributed by atoms with E-state index >= 15 is 0 Å². The smallest absolute Gasteiger partial charge is 0.305 e. The van der Waals surface area contributed by atoms with E-state index in [4.69, 9.17) is 0 Å². The fourth-order valence-electron chi connectivity index (χ4n) is 1.76. The van der Waals surface area contributed by atoms with Gasteiger partial charge in [0.2, 0.25) is 0 Å². The highest BCUT2D eigenvalue weighted by Gasteiger charge is 2.32. The molecule has 0 unspecified atom stereocenters. The van der Waals surface area contributed by atoms with Crippen LogP contribution in [0.5, 0.6) is 0 Å². The number of halogens is 3. The molecule has 0 amide bonds. The Morgan fingerprint density at radius 2 is 1.94 bits per heavy atom. The second-order valence-electron chi connectivity index (χ2n) is 3.74. The van der Waals surface area contributed by atoms with Gasteiger partial charge in [-0.15, -0.1) is 0 Å². The van der Waals surface area contributed by atoms with Crippen LogP contribution in [0.1, 0.15) is 5.56 Å². The molecule has 3 aromatic heterocycles. The van der Waals surface area contributed by atoms with Crippen molar-refractivity contribution in [1.82, 2.24) is 18.9 Å². The molecule has 0 saturated heterocycles. The summed E-state index contributed by atoms with van der Waals surface area (Å²) in [5.41, 5.74) is 0.0602. The minimum absolute atomic E-state index is 0.340. The Morgan fingerprint density at radius 1 is 1.11 bits per heavy atom. The molecule has 0 atom stereocenters. The highest BCUT2D eigenvalue weighted by Crippen LogP contribution is 2.31. The lowest BCUT2D eigenvalue weighted by Gasteiger charge is -2.11. The molecule has 18 heavy (non-hydrogen) atoms. The molecule has 4 nitrogen and oxygen atoms in total. The average molecular weight is 252 g/mol. The van der Waals surface area contributed by atoms with Gasteiger partial charge in [0.25, 0.3) is 0 Å². The average Bonchev–Trinajstić information content (AvgIpc) is 2.97. The van der Waals surface area contributed by atoms with Crippen LogP contribution in [0, 0.1) is 0 Å². The molecular formula is C11H7F3N4. The van der Waals surface area contributed by atoms with E-state index in [9.17, 15) is 13.2 Å². The van der Waals surface area contributed by atoms with Crippen molar-refractivity contribution in [3.63, 3.8) is 0 Å². The van der Waals surface area contributed by atoms with Crippen LogP contribution in [0.2, 0.25) is 0 Å². The number of pyridine rings is 1. The molecule has 0 aliphatic heterocycles. The van der Waals surface area contributed by atoms with Crippen molar-refractivity contribution in [1.29, 1.82) is 0 Å². The van der Waals surface area contributed by atoms with E-state index in [0.29, 0.717) is 11.3 Å². The molecule has 0 aliphatic rings. The van der Waals surface area contributed by atoms with Crippen LogP contribution in [-0.2, 0) is 6.18 Å². The number of imidazole rings is 2. The standard InChI is InChI=1S/C11H7F3N4/c12-11(13,14)8-5-9(18-3-1-15-7-18)10-16-2-4-17(10)6-8/h1-7H. The monoisotopic (exact) mass is 252 g/mol. The summed E-state index contributed by atoms with van der Waals surface area (Å²) in [7, 11) is 0. The highest BCUT2D eigenvalue weighted by atomic mass is 19.4. The van der Waals surface area contributed by atoms with Gasteiger partial charge in [-0.2, -0.15) is 13.2 Å². The van der Waals surface area contributed by atoms with Gasteiger partial charge < -0.3 is 8.97 Å². The van der Waals surface area contributed by atoms with E-state index in [0.717, 1.165) is 12.3 Å². The van der Waals surface area contributed by atoms with Crippen molar-refractivity contribution < 1.29 is 13.2 Å². The molecule has 0 aliphatic carbocycles. The first-order valence-corrected chi connectivity index (χ1v) is 5.08. The molecule has 3 heterocycles. The zero-order valence-corrected chi connectivity index (χ0v) is 8.96. The normalized spacial score (nSPS) is 12.2. The van der Waals surface area contributed by atoms with Crippen molar-refractivity contribution >= 4 is 5.65 Å². The third-order valence-corrected chi connectivity index (χ3v) is 2.58. The summed E-state index contributed by atoms with van der Waals surface area (Å²) < 4.78 is 41.2. The predicted octanol–water partition coefficient (Wildman–Crippen LogP) is 2.54. The van der Waals surface area contributed by atoms with E-state index in [1.807, 2.05) is 0 Å². The number of fused-ring (bicyclic) bond motifs is 1. The number of hydrogen-bond donors (Lipinski definition) is 0. The summed E-state index contributed by atoms with van der Waals surface area (Å²) in [6.45, 7) is 0. The molecule has 0 N–H and O–H groups in total. The van der Waals surface area contributed by atoms with Crippen molar-refractivity contribution in [3.05, 3.63) is 48.9 Å². The maximum Gasteiger partial charge on any atom is 0.417 e. The van der Waals surface area contributed by atoms with Gasteiger partial charge in [0.05, 0.1) is 17.6 Å². The lowest BCUT2D eigenvalue weighted by Crippen LogP contribution is -2.08. The molecule has 0 aromatic carbocycles. The number of alkyl halides is 3. The topological polar surface area (TPSA) is 35.1 Å². The largest absolute Gasteiger partial charge is 0.417 e. The Hall–Kier alpha value is -2.31. The predicted molar refractivity (Wildman–Crippen MR) is 57.3 cm³/mol. The zero-order chi connectivity index (χ0) is 12.8. The maximum atomic E-state index is 12.8. The van der Waals surface area contributed by atoms with Crippen molar-refractivity contribution in [2.75, 3.05) is 0 Å². The first-order chi connectivity index (χ1) is 8.55. The summed E-state index contributed by atoms with van der Waals surface area (Å²) in [4.78, 5) is 7.87. The molecule has 0 spiro atoms. The quantitative estimate of drug-likeness (QED) is 0.667. The molecule has 7 heteroatoms. The zero-order valence-electron chi connectivity index (χ0n) is 8.96. The Labute approximate surface area is 99.3 Å². The van der Waals surface area contributed by atoms with E-state index in [-0.39, 0.29) is 0 Å². The number of aromatic nitrogens is 4. The van der Waals surface area contributed by atoms with Crippen LogP contribution in [0.25, 0.3) is 11.3 Å². The van der Waals surface area contributed by atoms with Gasteiger partial charge in [0, 0.05) is 31.0 Å².